The quantitative estimate of drug-likeness (QED) is 0.792. The van der Waals surface area contributed by atoms with Crippen LogP contribution >= 0.6 is 11.6 Å². The van der Waals surface area contributed by atoms with Gasteiger partial charge in [-0.2, -0.15) is 0 Å². The smallest absolute Gasteiger partial charge is 0.237 e. The van der Waals surface area contributed by atoms with Crippen LogP contribution in [0.25, 0.3) is 0 Å². The van der Waals surface area contributed by atoms with Crippen molar-refractivity contribution in [1.82, 2.24) is 10.9 Å². The molecule has 7 heteroatoms. The zero-order valence-electron chi connectivity index (χ0n) is 15.5. The van der Waals surface area contributed by atoms with Crippen molar-refractivity contribution in [1.29, 1.82) is 0 Å². The van der Waals surface area contributed by atoms with Crippen LogP contribution in [0.5, 0.6) is 17.2 Å². The number of ether oxygens (including phenoxy) is 3. The summed E-state index contributed by atoms with van der Waals surface area (Å²) < 4.78 is 16.3. The summed E-state index contributed by atoms with van der Waals surface area (Å²) in [5.74, 6) is 1.63. The van der Waals surface area contributed by atoms with E-state index in [9.17, 15) is 4.79 Å². The first-order chi connectivity index (χ1) is 13.0. The van der Waals surface area contributed by atoms with E-state index in [0.29, 0.717) is 35.1 Å². The van der Waals surface area contributed by atoms with Crippen LogP contribution in [-0.2, 0) is 11.2 Å². The van der Waals surface area contributed by atoms with E-state index < -0.39 is 0 Å². The number of amides is 1. The lowest BCUT2D eigenvalue weighted by atomic mass is 9.87. The molecule has 0 radical (unpaired) electrons. The van der Waals surface area contributed by atoms with E-state index in [4.69, 9.17) is 25.8 Å². The van der Waals surface area contributed by atoms with Gasteiger partial charge in [0, 0.05) is 28.6 Å². The molecule has 1 aliphatic heterocycles. The summed E-state index contributed by atoms with van der Waals surface area (Å²) in [6, 6.07) is 11.2. The average Bonchev–Trinajstić information content (AvgIpc) is 2.70. The second-order valence-electron chi connectivity index (χ2n) is 6.38. The molecular weight excluding hydrogens is 368 g/mol. The molecule has 2 unspecified atom stereocenters. The molecule has 2 N–H and O–H groups in total. The molecule has 0 aliphatic carbocycles. The lowest BCUT2D eigenvalue weighted by Crippen LogP contribution is -2.50. The first kappa shape index (κ1) is 19.3. The summed E-state index contributed by atoms with van der Waals surface area (Å²) in [6.45, 7) is 0. The molecule has 0 spiro atoms. The molecule has 1 fully saturated rings. The van der Waals surface area contributed by atoms with Gasteiger partial charge in [-0.25, -0.2) is 5.43 Å². The van der Waals surface area contributed by atoms with E-state index in [1.807, 2.05) is 24.3 Å². The van der Waals surface area contributed by atoms with Gasteiger partial charge in [-0.1, -0.05) is 23.7 Å². The summed E-state index contributed by atoms with van der Waals surface area (Å²) in [5.41, 5.74) is 7.77. The number of benzene rings is 2. The second-order valence-corrected chi connectivity index (χ2v) is 6.82. The van der Waals surface area contributed by atoms with Gasteiger partial charge in [-0.3, -0.25) is 10.2 Å². The number of hydrazine groups is 1. The summed E-state index contributed by atoms with van der Waals surface area (Å²) in [7, 11) is 4.78. The Kier molecular flexibility index (Phi) is 6.08. The molecular formula is C20H23ClN2O4. The highest BCUT2D eigenvalue weighted by Crippen LogP contribution is 2.37. The molecule has 0 bridgehead atoms. The lowest BCUT2D eigenvalue weighted by Gasteiger charge is -2.31. The van der Waals surface area contributed by atoms with Gasteiger partial charge in [0.2, 0.25) is 5.91 Å². The Morgan fingerprint density at radius 3 is 2.22 bits per heavy atom. The highest BCUT2D eigenvalue weighted by molar-refractivity contribution is 6.30. The van der Waals surface area contributed by atoms with Crippen molar-refractivity contribution >= 4 is 17.5 Å². The minimum absolute atomic E-state index is 0.000190. The van der Waals surface area contributed by atoms with Crippen LogP contribution in [0.2, 0.25) is 5.02 Å². The number of methoxy groups -OCH3 is 3. The molecule has 0 aromatic heterocycles. The molecule has 144 valence electrons. The number of rotatable bonds is 6. The largest absolute Gasteiger partial charge is 0.496 e. The monoisotopic (exact) mass is 390 g/mol. The maximum absolute atomic E-state index is 12.5. The minimum atomic E-state index is -0.233. The van der Waals surface area contributed by atoms with Gasteiger partial charge >= 0.3 is 0 Å². The highest BCUT2D eigenvalue weighted by Gasteiger charge is 2.31. The molecule has 2 aromatic rings. The maximum Gasteiger partial charge on any atom is 0.237 e. The van der Waals surface area contributed by atoms with Gasteiger partial charge in [0.1, 0.15) is 17.2 Å². The lowest BCUT2D eigenvalue weighted by molar-refractivity contribution is -0.129. The molecule has 1 aliphatic rings. The summed E-state index contributed by atoms with van der Waals surface area (Å²) in [4.78, 5) is 12.5. The van der Waals surface area contributed by atoms with Crippen molar-refractivity contribution < 1.29 is 19.0 Å². The molecule has 1 saturated heterocycles. The molecule has 3 rings (SSSR count). The van der Waals surface area contributed by atoms with Gasteiger partial charge < -0.3 is 14.2 Å². The van der Waals surface area contributed by atoms with E-state index in [1.54, 1.807) is 33.5 Å². The second kappa shape index (κ2) is 8.50. The van der Waals surface area contributed by atoms with Gasteiger partial charge in [-0.05, 0) is 30.5 Å². The van der Waals surface area contributed by atoms with E-state index in [1.165, 1.54) is 0 Å². The maximum atomic E-state index is 12.5. The number of carbonyl (C=O) groups excluding carboxylic acids is 1. The van der Waals surface area contributed by atoms with E-state index in [0.717, 1.165) is 11.1 Å². The van der Waals surface area contributed by atoms with Crippen LogP contribution in [-0.4, -0.2) is 27.2 Å². The molecule has 2 atom stereocenters. The Morgan fingerprint density at radius 1 is 1.04 bits per heavy atom. The molecule has 1 amide bonds. The van der Waals surface area contributed by atoms with Gasteiger partial charge in [0.05, 0.1) is 27.4 Å². The zero-order chi connectivity index (χ0) is 19.4. The number of halogens is 1. The minimum Gasteiger partial charge on any atom is -0.496 e. The Labute approximate surface area is 163 Å². The number of hydrogen-bond acceptors (Lipinski definition) is 5. The summed E-state index contributed by atoms with van der Waals surface area (Å²) in [5, 5.41) is 0.683. The van der Waals surface area contributed by atoms with Gasteiger partial charge in [0.25, 0.3) is 0 Å². The van der Waals surface area contributed by atoms with Crippen LogP contribution < -0.4 is 25.1 Å². The van der Waals surface area contributed by atoms with Crippen molar-refractivity contribution in [2.45, 2.75) is 18.9 Å². The number of carbonyl (C=O) groups is 1. The third kappa shape index (κ3) is 4.28. The Morgan fingerprint density at radius 2 is 1.67 bits per heavy atom. The third-order valence-electron chi connectivity index (χ3n) is 4.80. The predicted molar refractivity (Wildman–Crippen MR) is 103 cm³/mol. The standard InChI is InChI=1S/C20H23ClN2O4/c1-25-15-10-18(26-2)16(19(11-15)27-3)8-13-9-17(22-23-20(13)24)12-4-6-14(21)7-5-12/h4-7,10-11,13,17,22H,8-9H2,1-3H3,(H,23,24). The topological polar surface area (TPSA) is 68.8 Å². The first-order valence-electron chi connectivity index (χ1n) is 8.65. The van der Waals surface area contributed by atoms with E-state index in [-0.39, 0.29) is 17.9 Å². The molecule has 27 heavy (non-hydrogen) atoms. The van der Waals surface area contributed by atoms with Crippen molar-refractivity contribution in [3.8, 4) is 17.2 Å². The SMILES string of the molecule is COc1cc(OC)c(CC2CC(c3ccc(Cl)cc3)NNC2=O)c(OC)c1. The highest BCUT2D eigenvalue weighted by atomic mass is 35.5. The number of hydrogen-bond donors (Lipinski definition) is 2. The van der Waals surface area contributed by atoms with E-state index >= 15 is 0 Å². The van der Waals surface area contributed by atoms with Gasteiger partial charge in [-0.15, -0.1) is 0 Å². The fraction of sp³-hybridized carbons (Fsp3) is 0.350. The third-order valence-corrected chi connectivity index (χ3v) is 5.05. The first-order valence-corrected chi connectivity index (χ1v) is 9.03. The van der Waals surface area contributed by atoms with Crippen LogP contribution in [0, 0.1) is 5.92 Å². The van der Waals surface area contributed by atoms with E-state index in [2.05, 4.69) is 10.9 Å². The fourth-order valence-electron chi connectivity index (χ4n) is 3.33. The van der Waals surface area contributed by atoms with Crippen LogP contribution in [0.4, 0.5) is 0 Å². The van der Waals surface area contributed by atoms with Crippen molar-refractivity contribution in [3.63, 3.8) is 0 Å². The average molecular weight is 391 g/mol. The number of nitrogens with one attached hydrogen (secondary N) is 2. The van der Waals surface area contributed by atoms with Gasteiger partial charge in [0.15, 0.2) is 0 Å². The summed E-state index contributed by atoms with van der Waals surface area (Å²) >= 11 is 5.97. The zero-order valence-corrected chi connectivity index (χ0v) is 16.3. The molecule has 0 saturated carbocycles. The van der Waals surface area contributed by atoms with Crippen molar-refractivity contribution in [2.75, 3.05) is 21.3 Å². The fourth-order valence-corrected chi connectivity index (χ4v) is 3.45. The Balaban J connectivity index is 1.85. The normalized spacial score (nSPS) is 19.3. The van der Waals surface area contributed by atoms with Crippen LogP contribution in [0.1, 0.15) is 23.6 Å². The van der Waals surface area contributed by atoms with Crippen LogP contribution in [0.15, 0.2) is 36.4 Å². The molecule has 1 heterocycles. The Hall–Kier alpha value is -2.44. The van der Waals surface area contributed by atoms with Crippen molar-refractivity contribution in [2.24, 2.45) is 5.92 Å². The molecule has 2 aromatic carbocycles. The Bertz CT molecular complexity index is 785. The van der Waals surface area contributed by atoms with Crippen molar-refractivity contribution in [3.05, 3.63) is 52.5 Å². The predicted octanol–water partition coefficient (Wildman–Crippen LogP) is 3.29. The van der Waals surface area contributed by atoms with Crippen LogP contribution in [0.3, 0.4) is 0 Å². The summed E-state index contributed by atoms with van der Waals surface area (Å²) in [6.07, 6.45) is 1.14. The molecule has 6 nitrogen and oxygen atoms in total.